The second-order valence-electron chi connectivity index (χ2n) is 2.62. The predicted molar refractivity (Wildman–Crippen MR) is 48.1 cm³/mol. The van der Waals surface area contributed by atoms with Crippen LogP contribution in [0.4, 0.5) is 4.39 Å². The topological polar surface area (TPSA) is 69.6 Å². The van der Waals surface area contributed by atoms with Crippen molar-refractivity contribution in [1.82, 2.24) is 5.32 Å². The molecule has 0 aliphatic heterocycles. The molecule has 0 atom stereocenters. The van der Waals surface area contributed by atoms with Crippen LogP contribution in [-0.4, -0.2) is 29.3 Å². The second-order valence-corrected chi connectivity index (χ2v) is 2.62. The summed E-state index contributed by atoms with van der Waals surface area (Å²) in [4.78, 5) is 11.2. The first kappa shape index (κ1) is 10.3. The van der Waals surface area contributed by atoms with E-state index in [-0.39, 0.29) is 17.9 Å². The summed E-state index contributed by atoms with van der Waals surface area (Å²) < 4.78 is 11.7. The quantitative estimate of drug-likeness (QED) is 0.630. The standard InChI is InChI=1S/C9H10FNO3/c10-4-5-11-9(14)6-2-1-3-7(12)8(6)13/h1-3,12-13H,4-5H2,(H,11,14). The van der Waals surface area contributed by atoms with Crippen molar-refractivity contribution in [2.45, 2.75) is 0 Å². The number of halogens is 1. The molecule has 0 saturated carbocycles. The molecule has 0 aliphatic carbocycles. The SMILES string of the molecule is O=C(NCCF)c1cccc(O)c1O. The number of aromatic hydroxyl groups is 2. The summed E-state index contributed by atoms with van der Waals surface area (Å²) in [6.45, 7) is -0.792. The highest BCUT2D eigenvalue weighted by atomic mass is 19.1. The van der Waals surface area contributed by atoms with Crippen LogP contribution >= 0.6 is 0 Å². The lowest BCUT2D eigenvalue weighted by atomic mass is 10.2. The number of hydrogen-bond acceptors (Lipinski definition) is 3. The number of carbonyl (C=O) groups is 1. The predicted octanol–water partition coefficient (Wildman–Crippen LogP) is 0.797. The van der Waals surface area contributed by atoms with E-state index < -0.39 is 18.3 Å². The molecule has 0 heterocycles. The number of alkyl halides is 1. The van der Waals surface area contributed by atoms with E-state index in [1.807, 2.05) is 0 Å². The van der Waals surface area contributed by atoms with E-state index in [1.165, 1.54) is 18.2 Å². The van der Waals surface area contributed by atoms with Crippen molar-refractivity contribution in [1.29, 1.82) is 0 Å². The third-order valence-electron chi connectivity index (χ3n) is 1.64. The molecule has 14 heavy (non-hydrogen) atoms. The number of benzene rings is 1. The zero-order valence-corrected chi connectivity index (χ0v) is 7.33. The maximum absolute atomic E-state index is 11.7. The Hall–Kier alpha value is -1.78. The zero-order chi connectivity index (χ0) is 10.6. The van der Waals surface area contributed by atoms with Crippen LogP contribution in [0.1, 0.15) is 10.4 Å². The first-order chi connectivity index (χ1) is 6.66. The number of nitrogens with one attached hydrogen (secondary N) is 1. The molecule has 1 amide bonds. The molecule has 4 nitrogen and oxygen atoms in total. The summed E-state index contributed by atoms with van der Waals surface area (Å²) in [7, 11) is 0. The number of hydrogen-bond donors (Lipinski definition) is 3. The Kier molecular flexibility index (Phi) is 3.28. The van der Waals surface area contributed by atoms with Gasteiger partial charge in [0.25, 0.3) is 5.91 Å². The van der Waals surface area contributed by atoms with Gasteiger partial charge in [0.1, 0.15) is 6.67 Å². The number of phenolic OH excluding ortho intramolecular Hbond substituents is 2. The Bertz CT molecular complexity index is 341. The Morgan fingerprint density at radius 2 is 2.14 bits per heavy atom. The van der Waals surface area contributed by atoms with Gasteiger partial charge in [-0.15, -0.1) is 0 Å². The average Bonchev–Trinajstić information content (AvgIpc) is 2.18. The summed E-state index contributed by atoms with van der Waals surface area (Å²) in [5.41, 5.74) is -0.0709. The summed E-state index contributed by atoms with van der Waals surface area (Å²) >= 11 is 0. The van der Waals surface area contributed by atoms with Gasteiger partial charge in [-0.05, 0) is 12.1 Å². The number of rotatable bonds is 3. The van der Waals surface area contributed by atoms with Crippen molar-refractivity contribution in [2.24, 2.45) is 0 Å². The molecule has 1 rings (SSSR count). The van der Waals surface area contributed by atoms with Crippen LogP contribution in [0.15, 0.2) is 18.2 Å². The Labute approximate surface area is 80.0 Å². The van der Waals surface area contributed by atoms with Crippen LogP contribution in [-0.2, 0) is 0 Å². The van der Waals surface area contributed by atoms with Crippen LogP contribution in [0.5, 0.6) is 11.5 Å². The number of para-hydroxylation sites is 1. The Morgan fingerprint density at radius 1 is 1.43 bits per heavy atom. The van der Waals surface area contributed by atoms with Gasteiger partial charge in [-0.1, -0.05) is 6.07 Å². The van der Waals surface area contributed by atoms with Crippen LogP contribution < -0.4 is 5.32 Å². The van der Waals surface area contributed by atoms with Crippen molar-refractivity contribution in [3.63, 3.8) is 0 Å². The lowest BCUT2D eigenvalue weighted by Crippen LogP contribution is -2.25. The summed E-state index contributed by atoms with van der Waals surface area (Å²) in [6.07, 6.45) is 0. The lowest BCUT2D eigenvalue weighted by molar-refractivity contribution is 0.0947. The average molecular weight is 199 g/mol. The molecule has 5 heteroatoms. The summed E-state index contributed by atoms with van der Waals surface area (Å²) in [6, 6.07) is 4.00. The van der Waals surface area contributed by atoms with Gasteiger partial charge in [0.2, 0.25) is 0 Å². The molecule has 0 saturated heterocycles. The molecule has 0 bridgehead atoms. The van der Waals surface area contributed by atoms with Gasteiger partial charge >= 0.3 is 0 Å². The monoisotopic (exact) mass is 199 g/mol. The van der Waals surface area contributed by atoms with Gasteiger partial charge in [-0.25, -0.2) is 4.39 Å². The highest BCUT2D eigenvalue weighted by Crippen LogP contribution is 2.27. The molecule has 1 aromatic carbocycles. The van der Waals surface area contributed by atoms with Crippen LogP contribution in [0, 0.1) is 0 Å². The third kappa shape index (κ3) is 2.12. The Balaban J connectivity index is 2.84. The first-order valence-corrected chi connectivity index (χ1v) is 4.02. The largest absolute Gasteiger partial charge is 0.504 e. The summed E-state index contributed by atoms with van der Waals surface area (Å²) in [5, 5.41) is 20.6. The van der Waals surface area contributed by atoms with Gasteiger partial charge < -0.3 is 15.5 Å². The van der Waals surface area contributed by atoms with Gasteiger partial charge in [-0.2, -0.15) is 0 Å². The highest BCUT2D eigenvalue weighted by molar-refractivity contribution is 5.97. The highest BCUT2D eigenvalue weighted by Gasteiger charge is 2.12. The van der Waals surface area contributed by atoms with Crippen molar-refractivity contribution in [3.05, 3.63) is 23.8 Å². The minimum atomic E-state index is -0.675. The molecule has 0 aromatic heterocycles. The molecule has 0 fully saturated rings. The van der Waals surface area contributed by atoms with E-state index in [4.69, 9.17) is 5.11 Å². The number of carbonyl (C=O) groups excluding carboxylic acids is 1. The van der Waals surface area contributed by atoms with Gasteiger partial charge in [-0.3, -0.25) is 4.79 Å². The molecule has 3 N–H and O–H groups in total. The fraction of sp³-hybridized carbons (Fsp3) is 0.222. The fourth-order valence-electron chi connectivity index (χ4n) is 0.971. The van der Waals surface area contributed by atoms with E-state index in [0.717, 1.165) is 0 Å². The molecule has 0 aliphatic rings. The molecule has 1 aromatic rings. The van der Waals surface area contributed by atoms with Crippen LogP contribution in [0.3, 0.4) is 0 Å². The summed E-state index contributed by atoms with van der Waals surface area (Å²) in [5.74, 6) is -1.49. The second kappa shape index (κ2) is 4.45. The fourth-order valence-corrected chi connectivity index (χ4v) is 0.971. The normalized spacial score (nSPS) is 9.79. The number of amides is 1. The maximum atomic E-state index is 11.7. The van der Waals surface area contributed by atoms with Crippen molar-refractivity contribution in [2.75, 3.05) is 13.2 Å². The van der Waals surface area contributed by atoms with E-state index in [9.17, 15) is 14.3 Å². The van der Waals surface area contributed by atoms with Crippen LogP contribution in [0.2, 0.25) is 0 Å². The molecular weight excluding hydrogens is 189 g/mol. The molecule has 0 spiro atoms. The van der Waals surface area contributed by atoms with Crippen molar-refractivity contribution in [3.8, 4) is 11.5 Å². The van der Waals surface area contributed by atoms with Gasteiger partial charge in [0.15, 0.2) is 11.5 Å². The molecular formula is C9H10FNO3. The number of phenols is 2. The van der Waals surface area contributed by atoms with E-state index >= 15 is 0 Å². The van der Waals surface area contributed by atoms with E-state index in [0.29, 0.717) is 0 Å². The lowest BCUT2D eigenvalue weighted by Gasteiger charge is -2.05. The zero-order valence-electron chi connectivity index (χ0n) is 7.33. The van der Waals surface area contributed by atoms with Crippen molar-refractivity contribution < 1.29 is 19.4 Å². The van der Waals surface area contributed by atoms with E-state index in [2.05, 4.69) is 5.32 Å². The van der Waals surface area contributed by atoms with Crippen molar-refractivity contribution >= 4 is 5.91 Å². The Morgan fingerprint density at radius 3 is 2.79 bits per heavy atom. The third-order valence-corrected chi connectivity index (χ3v) is 1.64. The van der Waals surface area contributed by atoms with Crippen LogP contribution in [0.25, 0.3) is 0 Å². The van der Waals surface area contributed by atoms with Gasteiger partial charge in [0, 0.05) is 6.54 Å². The first-order valence-electron chi connectivity index (χ1n) is 4.02. The minimum Gasteiger partial charge on any atom is -0.504 e. The smallest absolute Gasteiger partial charge is 0.255 e. The molecule has 0 radical (unpaired) electrons. The molecule has 76 valence electrons. The minimum absolute atomic E-state index is 0.0709. The van der Waals surface area contributed by atoms with E-state index in [1.54, 1.807) is 0 Å². The maximum Gasteiger partial charge on any atom is 0.255 e. The molecule has 0 unspecified atom stereocenters. The van der Waals surface area contributed by atoms with Gasteiger partial charge in [0.05, 0.1) is 5.56 Å².